The zero-order valence-corrected chi connectivity index (χ0v) is 31.6. The maximum Gasteiger partial charge on any atom is 0.472 e. The van der Waals surface area contributed by atoms with Crippen molar-refractivity contribution in [1.29, 1.82) is 0 Å². The van der Waals surface area contributed by atoms with Crippen molar-refractivity contribution in [2.24, 2.45) is 0 Å². The van der Waals surface area contributed by atoms with Crippen LogP contribution in [0.3, 0.4) is 0 Å². The molecule has 0 spiro atoms. The van der Waals surface area contributed by atoms with E-state index in [1.54, 1.807) is 7.05 Å². The molecule has 0 fully saturated rings. The van der Waals surface area contributed by atoms with Crippen molar-refractivity contribution in [2.75, 3.05) is 33.4 Å². The lowest BCUT2D eigenvalue weighted by atomic mass is 10.1. The minimum Gasteiger partial charge on any atom is -0.462 e. The Morgan fingerprint density at radius 3 is 1.77 bits per heavy atom. The highest BCUT2D eigenvalue weighted by atomic mass is 31.2. The number of rotatable bonds is 35. The zero-order valence-electron chi connectivity index (χ0n) is 30.7. The Morgan fingerprint density at radius 1 is 0.667 bits per heavy atom. The summed E-state index contributed by atoms with van der Waals surface area (Å²) >= 11 is 0. The first-order valence-corrected chi connectivity index (χ1v) is 20.4. The monoisotopic (exact) mass is 699 g/mol. The molecule has 2 unspecified atom stereocenters. The summed E-state index contributed by atoms with van der Waals surface area (Å²) < 4.78 is 33.0. The van der Waals surface area contributed by atoms with Crippen molar-refractivity contribution in [2.45, 2.75) is 161 Å². The summed E-state index contributed by atoms with van der Waals surface area (Å²) in [6.45, 7) is 4.07. The molecule has 0 saturated carbocycles. The molecule has 2 N–H and O–H groups in total. The van der Waals surface area contributed by atoms with Crippen LogP contribution in [0, 0.1) is 0 Å². The van der Waals surface area contributed by atoms with E-state index in [-0.39, 0.29) is 32.0 Å². The van der Waals surface area contributed by atoms with Gasteiger partial charge in [-0.2, -0.15) is 0 Å². The Balaban J connectivity index is 4.31. The highest BCUT2D eigenvalue weighted by Gasteiger charge is 2.26. The molecular weight excluding hydrogens is 629 g/mol. The highest BCUT2D eigenvalue weighted by Crippen LogP contribution is 2.43. The lowest BCUT2D eigenvalue weighted by Gasteiger charge is -2.20. The van der Waals surface area contributed by atoms with Crippen LogP contribution < -0.4 is 5.32 Å². The average Bonchev–Trinajstić information content (AvgIpc) is 3.06. The van der Waals surface area contributed by atoms with Gasteiger partial charge in [0, 0.05) is 19.4 Å². The molecule has 0 radical (unpaired) electrons. The predicted molar refractivity (Wildman–Crippen MR) is 197 cm³/mol. The number of carbonyl (C=O) groups is 2. The molecule has 9 nitrogen and oxygen atoms in total. The molecule has 0 aliphatic rings. The number of hydrogen-bond donors (Lipinski definition) is 2. The van der Waals surface area contributed by atoms with Crippen LogP contribution in [0.15, 0.2) is 36.5 Å². The van der Waals surface area contributed by atoms with E-state index in [4.69, 9.17) is 18.5 Å². The van der Waals surface area contributed by atoms with Gasteiger partial charge in [0.15, 0.2) is 6.10 Å². The molecule has 280 valence electrons. The maximum atomic E-state index is 12.5. The molecule has 0 aliphatic heterocycles. The molecule has 2 atom stereocenters. The van der Waals surface area contributed by atoms with Crippen molar-refractivity contribution in [3.63, 3.8) is 0 Å². The summed E-state index contributed by atoms with van der Waals surface area (Å²) in [6.07, 6.45) is 34.7. The average molecular weight is 700 g/mol. The SMILES string of the molecule is CC/C=C\C/C=C\C/C=C\CCCCCCCC(=O)OCC(COP(=O)(O)OCCNC)OC(=O)CCCCCCCCCCCCC. The van der Waals surface area contributed by atoms with Crippen LogP contribution in [-0.4, -0.2) is 56.3 Å². The molecule has 0 bridgehead atoms. The van der Waals surface area contributed by atoms with Gasteiger partial charge in [0.25, 0.3) is 0 Å². The van der Waals surface area contributed by atoms with Crippen molar-refractivity contribution in [3.05, 3.63) is 36.5 Å². The molecule has 0 saturated heterocycles. The van der Waals surface area contributed by atoms with E-state index in [1.807, 2.05) is 0 Å². The van der Waals surface area contributed by atoms with Gasteiger partial charge in [0.05, 0.1) is 13.2 Å². The van der Waals surface area contributed by atoms with Crippen LogP contribution in [-0.2, 0) is 32.7 Å². The van der Waals surface area contributed by atoms with Crippen LogP contribution in [0.2, 0.25) is 0 Å². The molecule has 0 aromatic heterocycles. The second-order valence-corrected chi connectivity index (χ2v) is 13.8. The third kappa shape index (κ3) is 34.1. The van der Waals surface area contributed by atoms with Gasteiger partial charge in [0.2, 0.25) is 0 Å². The Kier molecular flexibility index (Phi) is 33.8. The summed E-state index contributed by atoms with van der Waals surface area (Å²) in [5, 5.41) is 2.81. The third-order valence-corrected chi connectivity index (χ3v) is 8.76. The number of nitrogens with one attached hydrogen (secondary N) is 1. The Hall–Kier alpha value is -1.77. The van der Waals surface area contributed by atoms with Crippen molar-refractivity contribution < 1.29 is 37.6 Å². The first-order chi connectivity index (χ1) is 23.3. The van der Waals surface area contributed by atoms with Gasteiger partial charge in [-0.1, -0.05) is 134 Å². The van der Waals surface area contributed by atoms with Gasteiger partial charge in [0.1, 0.15) is 6.61 Å². The molecule has 10 heteroatoms. The summed E-state index contributed by atoms with van der Waals surface area (Å²) in [4.78, 5) is 34.8. The van der Waals surface area contributed by atoms with E-state index in [0.29, 0.717) is 13.0 Å². The number of carbonyl (C=O) groups excluding carboxylic acids is 2. The van der Waals surface area contributed by atoms with Gasteiger partial charge >= 0.3 is 19.8 Å². The third-order valence-electron chi connectivity index (χ3n) is 7.77. The second-order valence-electron chi connectivity index (χ2n) is 12.4. The highest BCUT2D eigenvalue weighted by molar-refractivity contribution is 7.47. The summed E-state index contributed by atoms with van der Waals surface area (Å²) in [7, 11) is -2.65. The normalized spacial score (nSPS) is 13.8. The summed E-state index contributed by atoms with van der Waals surface area (Å²) in [5.74, 6) is -0.828. The fourth-order valence-electron chi connectivity index (χ4n) is 4.92. The molecule has 0 rings (SSSR count). The van der Waals surface area contributed by atoms with E-state index in [0.717, 1.165) is 70.6 Å². The van der Waals surface area contributed by atoms with E-state index in [1.165, 1.54) is 51.4 Å². The molecule has 0 heterocycles. The van der Waals surface area contributed by atoms with E-state index < -0.39 is 26.5 Å². The zero-order chi connectivity index (χ0) is 35.4. The standard InChI is InChI=1S/C38H70NO8P/c1-4-6-8-10-12-14-16-17-18-19-21-22-24-26-28-30-37(40)44-34-36(35-46-48(42,43)45-33-32-39-3)47-38(41)31-29-27-25-23-20-15-13-11-9-7-5-2/h6,8,12,14,17-18,36,39H,4-5,7,9-11,13,15-16,19-35H2,1-3H3,(H,42,43)/b8-6-,14-12-,18-17-. The van der Waals surface area contributed by atoms with E-state index in [9.17, 15) is 19.0 Å². The van der Waals surface area contributed by atoms with Crippen LogP contribution in [0.5, 0.6) is 0 Å². The van der Waals surface area contributed by atoms with E-state index in [2.05, 4.69) is 55.6 Å². The number of hydrogen-bond acceptors (Lipinski definition) is 8. The minimum atomic E-state index is -4.34. The molecule has 0 amide bonds. The molecule has 0 aromatic carbocycles. The quantitative estimate of drug-likeness (QED) is 0.0288. The van der Waals surface area contributed by atoms with Crippen molar-refractivity contribution in [1.82, 2.24) is 5.32 Å². The summed E-state index contributed by atoms with van der Waals surface area (Å²) in [6, 6.07) is 0. The van der Waals surface area contributed by atoms with Crippen LogP contribution in [0.25, 0.3) is 0 Å². The Bertz CT molecular complexity index is 892. The number of phosphoric ester groups is 1. The van der Waals surface area contributed by atoms with Crippen LogP contribution in [0.4, 0.5) is 0 Å². The number of phosphoric acid groups is 1. The maximum absolute atomic E-state index is 12.5. The van der Waals surface area contributed by atoms with Gasteiger partial charge in [-0.25, -0.2) is 4.57 Å². The molecule has 0 aliphatic carbocycles. The van der Waals surface area contributed by atoms with Gasteiger partial charge in [-0.05, 0) is 52.0 Å². The number of esters is 2. The Morgan fingerprint density at radius 2 is 1.19 bits per heavy atom. The van der Waals surface area contributed by atoms with Crippen molar-refractivity contribution >= 4 is 19.8 Å². The Labute approximate surface area is 293 Å². The number of ether oxygens (including phenoxy) is 2. The van der Waals surface area contributed by atoms with Crippen molar-refractivity contribution in [3.8, 4) is 0 Å². The van der Waals surface area contributed by atoms with Crippen LogP contribution in [0.1, 0.15) is 155 Å². The second kappa shape index (κ2) is 35.1. The van der Waals surface area contributed by atoms with Crippen LogP contribution >= 0.6 is 7.82 Å². The fourth-order valence-corrected chi connectivity index (χ4v) is 5.67. The van der Waals surface area contributed by atoms with Gasteiger partial charge < -0.3 is 19.7 Å². The lowest BCUT2D eigenvalue weighted by Crippen LogP contribution is -2.29. The summed E-state index contributed by atoms with van der Waals surface area (Å²) in [5.41, 5.74) is 0. The lowest BCUT2D eigenvalue weighted by molar-refractivity contribution is -0.161. The topological polar surface area (TPSA) is 120 Å². The minimum absolute atomic E-state index is 0.0195. The first kappa shape index (κ1) is 46.2. The predicted octanol–water partition coefficient (Wildman–Crippen LogP) is 10.1. The number of allylic oxidation sites excluding steroid dienone is 6. The first-order valence-electron chi connectivity index (χ1n) is 18.9. The number of likely N-dealkylation sites (N-methyl/N-ethyl adjacent to an activating group) is 1. The largest absolute Gasteiger partial charge is 0.472 e. The van der Waals surface area contributed by atoms with Gasteiger partial charge in [-0.15, -0.1) is 0 Å². The fraction of sp³-hybridized carbons (Fsp3) is 0.789. The molecule has 0 aromatic rings. The molecular formula is C38H70NO8P. The number of unbranched alkanes of at least 4 members (excludes halogenated alkanes) is 15. The molecule has 48 heavy (non-hydrogen) atoms. The van der Waals surface area contributed by atoms with E-state index >= 15 is 0 Å². The van der Waals surface area contributed by atoms with Gasteiger partial charge in [-0.3, -0.25) is 18.6 Å². The smallest absolute Gasteiger partial charge is 0.462 e.